The van der Waals surface area contributed by atoms with Crippen LogP contribution in [0.1, 0.15) is 48.8 Å². The molecule has 3 rings (SSSR count). The summed E-state index contributed by atoms with van der Waals surface area (Å²) in [6, 6.07) is 7.90. The van der Waals surface area contributed by atoms with E-state index in [1.807, 2.05) is 0 Å². The van der Waals surface area contributed by atoms with Gasteiger partial charge >= 0.3 is 0 Å². The SMILES string of the molecule is c1cc2c(cc1CCCNC1CCCC1)CNCC2. The van der Waals surface area contributed by atoms with Gasteiger partial charge in [0.05, 0.1) is 0 Å². The summed E-state index contributed by atoms with van der Waals surface area (Å²) in [6.45, 7) is 3.38. The first kappa shape index (κ1) is 13.1. The van der Waals surface area contributed by atoms with Gasteiger partial charge in [0.25, 0.3) is 0 Å². The third-order valence-electron chi connectivity index (χ3n) is 4.59. The lowest BCUT2D eigenvalue weighted by Crippen LogP contribution is -2.27. The van der Waals surface area contributed by atoms with Crippen LogP contribution < -0.4 is 10.6 Å². The minimum absolute atomic E-state index is 0.813. The van der Waals surface area contributed by atoms with E-state index in [2.05, 4.69) is 28.8 Å². The van der Waals surface area contributed by atoms with Gasteiger partial charge in [0, 0.05) is 12.6 Å². The highest BCUT2D eigenvalue weighted by Crippen LogP contribution is 2.18. The Morgan fingerprint density at radius 3 is 2.95 bits per heavy atom. The highest BCUT2D eigenvalue weighted by Gasteiger charge is 2.13. The normalized spacial score (nSPS) is 19.6. The van der Waals surface area contributed by atoms with Crippen molar-refractivity contribution in [3.05, 3.63) is 34.9 Å². The highest BCUT2D eigenvalue weighted by atomic mass is 14.9. The Bertz CT molecular complexity index is 408. The van der Waals surface area contributed by atoms with Crippen LogP contribution in [-0.4, -0.2) is 19.1 Å². The number of aryl methyl sites for hydroxylation is 1. The fraction of sp³-hybridized carbons (Fsp3) is 0.647. The van der Waals surface area contributed by atoms with Gasteiger partial charge in [-0.2, -0.15) is 0 Å². The summed E-state index contributed by atoms with van der Waals surface area (Å²) < 4.78 is 0. The van der Waals surface area contributed by atoms with Gasteiger partial charge in [0.2, 0.25) is 0 Å². The molecule has 104 valence electrons. The van der Waals surface area contributed by atoms with Crippen LogP contribution in [0, 0.1) is 0 Å². The van der Waals surface area contributed by atoms with E-state index in [1.54, 1.807) is 5.56 Å². The van der Waals surface area contributed by atoms with Gasteiger partial charge in [-0.05, 0) is 61.9 Å². The molecule has 0 unspecified atom stereocenters. The van der Waals surface area contributed by atoms with E-state index in [4.69, 9.17) is 0 Å². The number of fused-ring (bicyclic) bond motifs is 1. The Labute approximate surface area is 117 Å². The predicted octanol–water partition coefficient (Wildman–Crippen LogP) is 2.80. The molecule has 1 fully saturated rings. The standard InChI is InChI=1S/C17H26N2/c1-2-6-17(5-1)19-10-3-4-14-7-8-15-9-11-18-13-16(15)12-14/h7-8,12,17-19H,1-6,9-11,13H2. The van der Waals surface area contributed by atoms with Crippen LogP contribution in [-0.2, 0) is 19.4 Å². The van der Waals surface area contributed by atoms with Crippen molar-refractivity contribution >= 4 is 0 Å². The van der Waals surface area contributed by atoms with Crippen LogP contribution >= 0.6 is 0 Å². The van der Waals surface area contributed by atoms with E-state index in [-0.39, 0.29) is 0 Å². The topological polar surface area (TPSA) is 24.1 Å². The molecular formula is C17H26N2. The Morgan fingerprint density at radius 1 is 1.16 bits per heavy atom. The average Bonchev–Trinajstić information content (AvgIpc) is 2.97. The highest BCUT2D eigenvalue weighted by molar-refractivity contribution is 5.33. The van der Waals surface area contributed by atoms with Gasteiger partial charge in [0.1, 0.15) is 0 Å². The van der Waals surface area contributed by atoms with Crippen molar-refractivity contribution in [3.63, 3.8) is 0 Å². The van der Waals surface area contributed by atoms with Crippen molar-refractivity contribution < 1.29 is 0 Å². The van der Waals surface area contributed by atoms with Gasteiger partial charge < -0.3 is 10.6 Å². The zero-order chi connectivity index (χ0) is 12.9. The van der Waals surface area contributed by atoms with E-state index in [9.17, 15) is 0 Å². The summed E-state index contributed by atoms with van der Waals surface area (Å²) in [5.41, 5.74) is 4.58. The number of benzene rings is 1. The van der Waals surface area contributed by atoms with Crippen molar-refractivity contribution in [1.29, 1.82) is 0 Å². The number of rotatable bonds is 5. The lowest BCUT2D eigenvalue weighted by Gasteiger charge is -2.18. The molecule has 2 heteroatoms. The molecule has 0 spiro atoms. The van der Waals surface area contributed by atoms with Crippen LogP contribution in [0.4, 0.5) is 0 Å². The summed E-state index contributed by atoms with van der Waals surface area (Å²) in [6.07, 6.45) is 9.31. The molecule has 2 aliphatic rings. The number of nitrogens with one attached hydrogen (secondary N) is 2. The lowest BCUT2D eigenvalue weighted by atomic mass is 9.97. The first-order valence-corrected chi connectivity index (χ1v) is 7.96. The van der Waals surface area contributed by atoms with Crippen LogP contribution in [0.25, 0.3) is 0 Å². The van der Waals surface area contributed by atoms with Crippen LogP contribution in [0.3, 0.4) is 0 Å². The molecule has 0 aromatic heterocycles. The van der Waals surface area contributed by atoms with Crippen molar-refractivity contribution in [1.82, 2.24) is 10.6 Å². The summed E-state index contributed by atoms with van der Waals surface area (Å²) in [4.78, 5) is 0. The van der Waals surface area contributed by atoms with Gasteiger partial charge in [0.15, 0.2) is 0 Å². The van der Waals surface area contributed by atoms with Crippen molar-refractivity contribution in [2.45, 2.75) is 57.5 Å². The van der Waals surface area contributed by atoms with Crippen molar-refractivity contribution in [2.24, 2.45) is 0 Å². The van der Waals surface area contributed by atoms with E-state index >= 15 is 0 Å². The largest absolute Gasteiger partial charge is 0.314 e. The van der Waals surface area contributed by atoms with Crippen molar-refractivity contribution in [2.75, 3.05) is 13.1 Å². The fourth-order valence-corrected chi connectivity index (χ4v) is 3.42. The fourth-order valence-electron chi connectivity index (χ4n) is 3.42. The van der Waals surface area contributed by atoms with Crippen LogP contribution in [0.2, 0.25) is 0 Å². The molecule has 1 saturated carbocycles. The molecule has 0 amide bonds. The molecule has 1 heterocycles. The second-order valence-corrected chi connectivity index (χ2v) is 6.07. The maximum atomic E-state index is 3.70. The number of hydrogen-bond acceptors (Lipinski definition) is 2. The lowest BCUT2D eigenvalue weighted by molar-refractivity contribution is 0.515. The first-order chi connectivity index (χ1) is 9.42. The van der Waals surface area contributed by atoms with Crippen LogP contribution in [0.15, 0.2) is 18.2 Å². The number of hydrogen-bond donors (Lipinski definition) is 2. The molecule has 1 aromatic rings. The van der Waals surface area contributed by atoms with Crippen LogP contribution in [0.5, 0.6) is 0 Å². The zero-order valence-corrected chi connectivity index (χ0v) is 11.9. The van der Waals surface area contributed by atoms with E-state index in [1.165, 1.54) is 62.6 Å². The Hall–Kier alpha value is -0.860. The zero-order valence-electron chi connectivity index (χ0n) is 11.9. The molecular weight excluding hydrogens is 232 g/mol. The molecule has 1 aromatic carbocycles. The maximum Gasteiger partial charge on any atom is 0.0208 e. The van der Waals surface area contributed by atoms with E-state index in [0.717, 1.165) is 19.1 Å². The van der Waals surface area contributed by atoms with E-state index < -0.39 is 0 Å². The predicted molar refractivity (Wildman–Crippen MR) is 80.4 cm³/mol. The van der Waals surface area contributed by atoms with Crippen molar-refractivity contribution in [3.8, 4) is 0 Å². The second kappa shape index (κ2) is 6.53. The van der Waals surface area contributed by atoms with Gasteiger partial charge in [-0.3, -0.25) is 0 Å². The smallest absolute Gasteiger partial charge is 0.0208 e. The molecule has 0 radical (unpaired) electrons. The van der Waals surface area contributed by atoms with Gasteiger partial charge in [-0.1, -0.05) is 31.0 Å². The molecule has 1 aliphatic heterocycles. The third-order valence-corrected chi connectivity index (χ3v) is 4.59. The summed E-state index contributed by atoms with van der Waals surface area (Å²) in [5.74, 6) is 0. The molecule has 0 saturated heterocycles. The maximum absolute atomic E-state index is 3.70. The second-order valence-electron chi connectivity index (χ2n) is 6.07. The molecule has 2 N–H and O–H groups in total. The van der Waals surface area contributed by atoms with Gasteiger partial charge in [-0.25, -0.2) is 0 Å². The quantitative estimate of drug-likeness (QED) is 0.794. The molecule has 0 atom stereocenters. The molecule has 2 nitrogen and oxygen atoms in total. The first-order valence-electron chi connectivity index (χ1n) is 7.96. The monoisotopic (exact) mass is 258 g/mol. The Kier molecular flexibility index (Phi) is 4.52. The summed E-state index contributed by atoms with van der Waals surface area (Å²) >= 11 is 0. The molecule has 19 heavy (non-hydrogen) atoms. The van der Waals surface area contributed by atoms with Gasteiger partial charge in [-0.15, -0.1) is 0 Å². The minimum atomic E-state index is 0.813. The van der Waals surface area contributed by atoms with E-state index in [0.29, 0.717) is 0 Å². The summed E-state index contributed by atoms with van der Waals surface area (Å²) in [7, 11) is 0. The molecule has 1 aliphatic carbocycles. The summed E-state index contributed by atoms with van der Waals surface area (Å²) in [5, 5.41) is 7.16. The minimum Gasteiger partial charge on any atom is -0.314 e. The Balaban J connectivity index is 1.44. The molecule has 0 bridgehead atoms. The average molecular weight is 258 g/mol. The third kappa shape index (κ3) is 3.58. The Morgan fingerprint density at radius 2 is 2.05 bits per heavy atom.